The van der Waals surface area contributed by atoms with Gasteiger partial charge in [-0.2, -0.15) is 0 Å². The van der Waals surface area contributed by atoms with Gasteiger partial charge in [-0.15, -0.1) is 0 Å². The molecule has 19 heavy (non-hydrogen) atoms. The zero-order valence-electron chi connectivity index (χ0n) is 12.5. The first-order valence-corrected chi connectivity index (χ1v) is 7.19. The van der Waals surface area contributed by atoms with Crippen molar-refractivity contribution in [3.63, 3.8) is 0 Å². The SMILES string of the molecule is CCC=CCCN1CC=Cc2c1nc(C)c(C)c2C. The maximum atomic E-state index is 4.80. The fourth-order valence-electron chi connectivity index (χ4n) is 2.48. The fourth-order valence-corrected chi connectivity index (χ4v) is 2.48. The van der Waals surface area contributed by atoms with Gasteiger partial charge in [0.05, 0.1) is 0 Å². The van der Waals surface area contributed by atoms with Gasteiger partial charge in [0.1, 0.15) is 5.82 Å². The summed E-state index contributed by atoms with van der Waals surface area (Å²) in [5.74, 6) is 1.16. The third kappa shape index (κ3) is 2.89. The van der Waals surface area contributed by atoms with Crippen LogP contribution in [0.3, 0.4) is 0 Å². The highest BCUT2D eigenvalue weighted by Crippen LogP contribution is 2.29. The molecule has 0 bridgehead atoms. The molecule has 2 nitrogen and oxygen atoms in total. The molecule has 2 rings (SSSR count). The second-order valence-corrected chi connectivity index (χ2v) is 5.20. The summed E-state index contributed by atoms with van der Waals surface area (Å²) in [4.78, 5) is 7.19. The third-order valence-electron chi connectivity index (χ3n) is 3.90. The van der Waals surface area contributed by atoms with Crippen LogP contribution >= 0.6 is 0 Å². The molecule has 0 unspecified atom stereocenters. The number of pyridine rings is 1. The quantitative estimate of drug-likeness (QED) is 0.751. The van der Waals surface area contributed by atoms with Crippen LogP contribution in [-0.4, -0.2) is 18.1 Å². The highest BCUT2D eigenvalue weighted by atomic mass is 15.2. The molecule has 0 atom stereocenters. The Balaban J connectivity index is 2.24. The predicted molar refractivity (Wildman–Crippen MR) is 83.7 cm³/mol. The summed E-state index contributed by atoms with van der Waals surface area (Å²) in [5, 5.41) is 0. The molecule has 0 radical (unpaired) electrons. The zero-order chi connectivity index (χ0) is 13.8. The Bertz CT molecular complexity index is 512. The molecular weight excluding hydrogens is 232 g/mol. The van der Waals surface area contributed by atoms with Gasteiger partial charge in [-0.1, -0.05) is 31.2 Å². The van der Waals surface area contributed by atoms with Gasteiger partial charge in [-0.3, -0.25) is 0 Å². The van der Waals surface area contributed by atoms with Crippen LogP contribution in [0.15, 0.2) is 18.2 Å². The van der Waals surface area contributed by atoms with Crippen molar-refractivity contribution in [2.75, 3.05) is 18.0 Å². The molecule has 102 valence electrons. The van der Waals surface area contributed by atoms with Gasteiger partial charge < -0.3 is 4.90 Å². The standard InChI is InChI=1S/C17H24N2/c1-5-6-7-8-11-19-12-9-10-16-14(3)13(2)15(4)18-17(16)19/h6-7,9-10H,5,8,11-12H2,1-4H3. The lowest BCUT2D eigenvalue weighted by atomic mass is 10.0. The third-order valence-corrected chi connectivity index (χ3v) is 3.90. The summed E-state index contributed by atoms with van der Waals surface area (Å²) in [6.07, 6.45) is 11.2. The number of anilines is 1. The number of rotatable bonds is 4. The lowest BCUT2D eigenvalue weighted by Crippen LogP contribution is -2.28. The summed E-state index contributed by atoms with van der Waals surface area (Å²) < 4.78 is 0. The van der Waals surface area contributed by atoms with E-state index in [2.05, 4.69) is 56.9 Å². The number of hydrogen-bond acceptors (Lipinski definition) is 2. The van der Waals surface area contributed by atoms with E-state index >= 15 is 0 Å². The predicted octanol–water partition coefficient (Wildman–Crippen LogP) is 4.20. The van der Waals surface area contributed by atoms with E-state index < -0.39 is 0 Å². The summed E-state index contributed by atoms with van der Waals surface area (Å²) in [5.41, 5.74) is 5.14. The lowest BCUT2D eigenvalue weighted by Gasteiger charge is -2.28. The summed E-state index contributed by atoms with van der Waals surface area (Å²) in [6.45, 7) is 10.7. The van der Waals surface area contributed by atoms with Gasteiger partial charge in [-0.25, -0.2) is 4.98 Å². The van der Waals surface area contributed by atoms with Gasteiger partial charge in [0.2, 0.25) is 0 Å². The van der Waals surface area contributed by atoms with Crippen molar-refractivity contribution in [3.8, 4) is 0 Å². The minimum Gasteiger partial charge on any atom is -0.352 e. The van der Waals surface area contributed by atoms with Crippen LogP contribution in [0.1, 0.15) is 42.1 Å². The van der Waals surface area contributed by atoms with Crippen LogP contribution in [0, 0.1) is 20.8 Å². The maximum Gasteiger partial charge on any atom is 0.136 e. The highest BCUT2D eigenvalue weighted by Gasteiger charge is 2.18. The lowest BCUT2D eigenvalue weighted by molar-refractivity contribution is 0.820. The molecule has 0 saturated carbocycles. The van der Waals surface area contributed by atoms with Gasteiger partial charge in [0, 0.05) is 24.3 Å². The van der Waals surface area contributed by atoms with Crippen LogP contribution in [0.5, 0.6) is 0 Å². The molecule has 0 saturated heterocycles. The van der Waals surface area contributed by atoms with E-state index in [1.807, 2.05) is 0 Å². The normalized spacial score (nSPS) is 14.2. The molecule has 2 heteroatoms. The van der Waals surface area contributed by atoms with Crippen molar-refractivity contribution in [1.29, 1.82) is 0 Å². The van der Waals surface area contributed by atoms with Crippen molar-refractivity contribution in [2.45, 2.75) is 40.5 Å². The second-order valence-electron chi connectivity index (χ2n) is 5.20. The monoisotopic (exact) mass is 256 g/mol. The molecule has 0 fully saturated rings. The first-order valence-electron chi connectivity index (χ1n) is 7.19. The number of allylic oxidation sites excluding steroid dienone is 1. The molecule has 1 aromatic heterocycles. The van der Waals surface area contributed by atoms with Crippen LogP contribution in [-0.2, 0) is 0 Å². The van der Waals surface area contributed by atoms with Crippen molar-refractivity contribution in [3.05, 3.63) is 40.6 Å². The summed E-state index contributed by atoms with van der Waals surface area (Å²) >= 11 is 0. The molecule has 2 heterocycles. The average molecular weight is 256 g/mol. The number of aromatic nitrogens is 1. The zero-order valence-corrected chi connectivity index (χ0v) is 12.5. The highest BCUT2D eigenvalue weighted by molar-refractivity contribution is 5.72. The Labute approximate surface area is 116 Å². The fraction of sp³-hybridized carbons (Fsp3) is 0.471. The van der Waals surface area contributed by atoms with Gasteiger partial charge in [-0.05, 0) is 44.7 Å². The smallest absolute Gasteiger partial charge is 0.136 e. The van der Waals surface area contributed by atoms with E-state index in [9.17, 15) is 0 Å². The first kappa shape index (κ1) is 13.9. The molecular formula is C17H24N2. The largest absolute Gasteiger partial charge is 0.352 e. The van der Waals surface area contributed by atoms with Crippen LogP contribution < -0.4 is 4.90 Å². The molecule has 1 aliphatic rings. The Kier molecular flexibility index (Phi) is 4.41. The van der Waals surface area contributed by atoms with Crippen molar-refractivity contribution >= 4 is 11.9 Å². The molecule has 0 N–H and O–H groups in total. The molecule has 0 aromatic carbocycles. The van der Waals surface area contributed by atoms with Crippen LogP contribution in [0.25, 0.3) is 6.08 Å². The first-order chi connectivity index (χ1) is 9.15. The summed E-state index contributed by atoms with van der Waals surface area (Å²) in [6, 6.07) is 0. The van der Waals surface area contributed by atoms with Gasteiger partial charge in [0.25, 0.3) is 0 Å². The van der Waals surface area contributed by atoms with Crippen molar-refractivity contribution in [1.82, 2.24) is 4.98 Å². The number of aryl methyl sites for hydroxylation is 1. The van der Waals surface area contributed by atoms with E-state index in [4.69, 9.17) is 4.98 Å². The van der Waals surface area contributed by atoms with E-state index in [-0.39, 0.29) is 0 Å². The average Bonchev–Trinajstić information content (AvgIpc) is 2.42. The van der Waals surface area contributed by atoms with Gasteiger partial charge >= 0.3 is 0 Å². The Morgan fingerprint density at radius 1 is 1.21 bits per heavy atom. The second kappa shape index (κ2) is 6.05. The van der Waals surface area contributed by atoms with Crippen LogP contribution in [0.4, 0.5) is 5.82 Å². The maximum absolute atomic E-state index is 4.80. The minimum atomic E-state index is 0.974. The van der Waals surface area contributed by atoms with E-state index in [0.29, 0.717) is 0 Å². The molecule has 0 aliphatic carbocycles. The minimum absolute atomic E-state index is 0.974. The Hall–Kier alpha value is -1.57. The number of fused-ring (bicyclic) bond motifs is 1. The molecule has 1 aromatic rings. The Morgan fingerprint density at radius 2 is 2.00 bits per heavy atom. The van der Waals surface area contributed by atoms with Crippen molar-refractivity contribution < 1.29 is 0 Å². The topological polar surface area (TPSA) is 16.1 Å². The summed E-state index contributed by atoms with van der Waals surface area (Å²) in [7, 11) is 0. The van der Waals surface area contributed by atoms with Gasteiger partial charge in [0.15, 0.2) is 0 Å². The number of hydrogen-bond donors (Lipinski definition) is 0. The van der Waals surface area contributed by atoms with E-state index in [1.165, 1.54) is 16.7 Å². The van der Waals surface area contributed by atoms with Crippen LogP contribution in [0.2, 0.25) is 0 Å². The molecule has 0 amide bonds. The molecule has 1 aliphatic heterocycles. The Morgan fingerprint density at radius 3 is 2.74 bits per heavy atom. The van der Waals surface area contributed by atoms with Crippen molar-refractivity contribution in [2.24, 2.45) is 0 Å². The molecule has 0 spiro atoms. The number of nitrogens with zero attached hydrogens (tertiary/aromatic N) is 2. The van der Waals surface area contributed by atoms with E-state index in [1.54, 1.807) is 0 Å². The van der Waals surface area contributed by atoms with E-state index in [0.717, 1.165) is 37.4 Å².